The van der Waals surface area contributed by atoms with E-state index in [2.05, 4.69) is 28.5 Å². The molecule has 0 radical (unpaired) electrons. The standard InChI is InChI=1S/C21H18ClN3O/c1-26-21-5-3-2-4-20(21)25-14-24-18-12-17(10-11-19(18)25)23-13-15-6-8-16(22)9-7-15/h2-12,14,23H,13H2,1H3. The van der Waals surface area contributed by atoms with Crippen LogP contribution in [0.3, 0.4) is 0 Å². The molecule has 0 amide bonds. The van der Waals surface area contributed by atoms with Gasteiger partial charge in [0.2, 0.25) is 0 Å². The molecule has 0 spiro atoms. The Bertz CT molecular complexity index is 1040. The van der Waals surface area contributed by atoms with E-state index >= 15 is 0 Å². The molecule has 0 aliphatic rings. The highest BCUT2D eigenvalue weighted by atomic mass is 35.5. The summed E-state index contributed by atoms with van der Waals surface area (Å²) in [5.41, 5.74) is 5.13. The van der Waals surface area contributed by atoms with Gasteiger partial charge < -0.3 is 10.1 Å². The number of methoxy groups -OCH3 is 1. The van der Waals surface area contributed by atoms with Gasteiger partial charge in [-0.2, -0.15) is 0 Å². The highest BCUT2D eigenvalue weighted by molar-refractivity contribution is 6.30. The van der Waals surface area contributed by atoms with Gasteiger partial charge in [0.25, 0.3) is 0 Å². The molecule has 5 heteroatoms. The van der Waals surface area contributed by atoms with Crippen LogP contribution in [0.15, 0.2) is 73.1 Å². The van der Waals surface area contributed by atoms with E-state index in [9.17, 15) is 0 Å². The third-order valence-electron chi connectivity index (χ3n) is 4.30. The zero-order valence-corrected chi connectivity index (χ0v) is 15.1. The first kappa shape index (κ1) is 16.5. The van der Waals surface area contributed by atoms with Gasteiger partial charge in [-0.1, -0.05) is 35.9 Å². The number of fused-ring (bicyclic) bond motifs is 1. The second kappa shape index (κ2) is 7.10. The first-order chi connectivity index (χ1) is 12.7. The molecule has 4 aromatic rings. The van der Waals surface area contributed by atoms with Crippen LogP contribution in [0.4, 0.5) is 5.69 Å². The zero-order chi connectivity index (χ0) is 17.9. The van der Waals surface area contributed by atoms with Crippen molar-refractivity contribution in [2.45, 2.75) is 6.54 Å². The first-order valence-corrected chi connectivity index (χ1v) is 8.71. The van der Waals surface area contributed by atoms with Crippen LogP contribution < -0.4 is 10.1 Å². The number of benzene rings is 3. The molecule has 0 aliphatic heterocycles. The van der Waals surface area contributed by atoms with E-state index in [0.29, 0.717) is 0 Å². The molecule has 1 N–H and O–H groups in total. The summed E-state index contributed by atoms with van der Waals surface area (Å²) in [5, 5.41) is 4.17. The van der Waals surface area contributed by atoms with Crippen molar-refractivity contribution in [1.29, 1.82) is 0 Å². The summed E-state index contributed by atoms with van der Waals surface area (Å²) in [6.07, 6.45) is 1.82. The fourth-order valence-corrected chi connectivity index (χ4v) is 3.08. The van der Waals surface area contributed by atoms with Crippen molar-refractivity contribution in [3.8, 4) is 11.4 Å². The molecule has 0 unspecified atom stereocenters. The van der Waals surface area contributed by atoms with Crippen LogP contribution in [-0.4, -0.2) is 16.7 Å². The van der Waals surface area contributed by atoms with Crippen LogP contribution >= 0.6 is 11.6 Å². The quantitative estimate of drug-likeness (QED) is 0.523. The first-order valence-electron chi connectivity index (χ1n) is 8.33. The number of ether oxygens (including phenoxy) is 1. The van der Waals surface area contributed by atoms with Gasteiger partial charge in [0.05, 0.1) is 23.8 Å². The molecule has 1 aromatic heterocycles. The summed E-state index contributed by atoms with van der Waals surface area (Å²) in [4.78, 5) is 4.55. The number of nitrogens with one attached hydrogen (secondary N) is 1. The minimum atomic E-state index is 0.732. The van der Waals surface area contributed by atoms with Crippen LogP contribution in [0.1, 0.15) is 5.56 Å². The third kappa shape index (κ3) is 3.24. The number of imidazole rings is 1. The molecule has 0 fully saturated rings. The van der Waals surface area contributed by atoms with Gasteiger partial charge in [0.15, 0.2) is 0 Å². The maximum atomic E-state index is 5.93. The second-order valence-corrected chi connectivity index (χ2v) is 6.41. The van der Waals surface area contributed by atoms with Gasteiger partial charge in [-0.05, 0) is 48.0 Å². The lowest BCUT2D eigenvalue weighted by atomic mass is 10.2. The molecule has 0 saturated heterocycles. The van der Waals surface area contributed by atoms with Crippen LogP contribution in [0.5, 0.6) is 5.75 Å². The van der Waals surface area contributed by atoms with Crippen molar-refractivity contribution in [3.63, 3.8) is 0 Å². The average molecular weight is 364 g/mol. The number of para-hydroxylation sites is 2. The summed E-state index contributed by atoms with van der Waals surface area (Å²) in [7, 11) is 1.68. The van der Waals surface area contributed by atoms with Crippen LogP contribution in [0.2, 0.25) is 5.02 Å². The van der Waals surface area contributed by atoms with Crippen molar-refractivity contribution in [2.24, 2.45) is 0 Å². The summed E-state index contributed by atoms with van der Waals surface area (Å²) in [6, 6.07) is 21.9. The fourth-order valence-electron chi connectivity index (χ4n) is 2.95. The molecule has 3 aromatic carbocycles. The Morgan fingerprint density at radius 1 is 1.04 bits per heavy atom. The van der Waals surface area contributed by atoms with Gasteiger partial charge in [-0.25, -0.2) is 4.98 Å². The smallest absolute Gasteiger partial charge is 0.142 e. The summed E-state index contributed by atoms with van der Waals surface area (Å²) in [5.74, 6) is 0.816. The number of anilines is 1. The average Bonchev–Trinajstić information content (AvgIpc) is 3.10. The van der Waals surface area contributed by atoms with Gasteiger partial charge in [0, 0.05) is 17.3 Å². The van der Waals surface area contributed by atoms with E-state index in [0.717, 1.165) is 39.7 Å². The Kier molecular flexibility index (Phi) is 4.50. The molecule has 4 rings (SSSR count). The molecule has 0 bridgehead atoms. The van der Waals surface area contributed by atoms with Crippen molar-refractivity contribution >= 4 is 28.3 Å². The van der Waals surface area contributed by atoms with Gasteiger partial charge >= 0.3 is 0 Å². The van der Waals surface area contributed by atoms with Crippen molar-refractivity contribution in [2.75, 3.05) is 12.4 Å². The SMILES string of the molecule is COc1ccccc1-n1cnc2cc(NCc3ccc(Cl)cc3)ccc21. The number of nitrogens with zero attached hydrogens (tertiary/aromatic N) is 2. The number of aromatic nitrogens is 2. The van der Waals surface area contributed by atoms with E-state index in [4.69, 9.17) is 16.3 Å². The molecule has 1 heterocycles. The highest BCUT2D eigenvalue weighted by Gasteiger charge is 2.09. The molecular formula is C21H18ClN3O. The Morgan fingerprint density at radius 2 is 1.85 bits per heavy atom. The van der Waals surface area contributed by atoms with E-state index in [1.807, 2.05) is 59.4 Å². The molecule has 0 atom stereocenters. The number of hydrogen-bond acceptors (Lipinski definition) is 3. The largest absolute Gasteiger partial charge is 0.495 e. The van der Waals surface area contributed by atoms with Crippen LogP contribution in [0.25, 0.3) is 16.7 Å². The molecule has 130 valence electrons. The minimum absolute atomic E-state index is 0.732. The second-order valence-electron chi connectivity index (χ2n) is 5.97. The molecule has 0 saturated carbocycles. The van der Waals surface area contributed by atoms with Gasteiger partial charge in [-0.3, -0.25) is 4.57 Å². The number of halogens is 1. The Balaban J connectivity index is 1.60. The third-order valence-corrected chi connectivity index (χ3v) is 4.55. The minimum Gasteiger partial charge on any atom is -0.495 e. The highest BCUT2D eigenvalue weighted by Crippen LogP contribution is 2.27. The van der Waals surface area contributed by atoms with Crippen molar-refractivity contribution in [1.82, 2.24) is 9.55 Å². The van der Waals surface area contributed by atoms with Crippen LogP contribution in [-0.2, 0) is 6.54 Å². The van der Waals surface area contributed by atoms with Crippen molar-refractivity contribution in [3.05, 3.63) is 83.6 Å². The lowest BCUT2D eigenvalue weighted by Gasteiger charge is -2.10. The molecule has 4 nitrogen and oxygen atoms in total. The number of rotatable bonds is 5. The van der Waals surface area contributed by atoms with Gasteiger partial charge in [-0.15, -0.1) is 0 Å². The van der Waals surface area contributed by atoms with Crippen LogP contribution in [0, 0.1) is 0 Å². The van der Waals surface area contributed by atoms with Gasteiger partial charge in [0.1, 0.15) is 12.1 Å². The normalized spacial score (nSPS) is 10.8. The predicted molar refractivity (Wildman–Crippen MR) is 106 cm³/mol. The number of hydrogen-bond donors (Lipinski definition) is 1. The molecule has 26 heavy (non-hydrogen) atoms. The van der Waals surface area contributed by atoms with Crippen molar-refractivity contribution < 1.29 is 4.74 Å². The molecule has 0 aliphatic carbocycles. The Hall–Kier alpha value is -2.98. The summed E-state index contributed by atoms with van der Waals surface area (Å²) >= 11 is 5.93. The maximum absolute atomic E-state index is 5.93. The fraction of sp³-hybridized carbons (Fsp3) is 0.0952. The molecular weight excluding hydrogens is 346 g/mol. The maximum Gasteiger partial charge on any atom is 0.142 e. The van der Waals surface area contributed by atoms with E-state index in [-0.39, 0.29) is 0 Å². The Labute approximate surface area is 157 Å². The summed E-state index contributed by atoms with van der Waals surface area (Å²) in [6.45, 7) is 0.732. The zero-order valence-electron chi connectivity index (χ0n) is 14.3. The predicted octanol–water partition coefficient (Wildman–Crippen LogP) is 5.30. The topological polar surface area (TPSA) is 39.1 Å². The van der Waals surface area contributed by atoms with E-state index < -0.39 is 0 Å². The summed E-state index contributed by atoms with van der Waals surface area (Å²) < 4.78 is 7.51. The van der Waals surface area contributed by atoms with E-state index in [1.54, 1.807) is 7.11 Å². The lowest BCUT2D eigenvalue weighted by Crippen LogP contribution is -1.99. The lowest BCUT2D eigenvalue weighted by molar-refractivity contribution is 0.413. The monoisotopic (exact) mass is 363 g/mol. The van der Waals surface area contributed by atoms with E-state index in [1.165, 1.54) is 5.56 Å². The Morgan fingerprint density at radius 3 is 2.65 bits per heavy atom.